The summed E-state index contributed by atoms with van der Waals surface area (Å²) in [5, 5.41) is 4.40. The lowest BCUT2D eigenvalue weighted by molar-refractivity contribution is 0.819. The third-order valence-electron chi connectivity index (χ3n) is 2.00. The van der Waals surface area contributed by atoms with E-state index in [9.17, 15) is 0 Å². The minimum Gasteiger partial charge on any atom is -0.361 e. The van der Waals surface area contributed by atoms with Crippen molar-refractivity contribution in [1.82, 2.24) is 10.3 Å². The highest BCUT2D eigenvalue weighted by Gasteiger charge is 1.94. The van der Waals surface area contributed by atoms with E-state index in [0.717, 1.165) is 6.54 Å². The van der Waals surface area contributed by atoms with Crippen LogP contribution in [0, 0.1) is 0 Å². The predicted octanol–water partition coefficient (Wildman–Crippen LogP) is 1.89. The maximum absolute atomic E-state index is 3.19. The second kappa shape index (κ2) is 2.99. The second-order valence-corrected chi connectivity index (χ2v) is 2.93. The summed E-state index contributed by atoms with van der Waals surface area (Å²) in [7, 11) is 1.96. The number of rotatable bonds is 2. The molecule has 0 saturated heterocycles. The van der Waals surface area contributed by atoms with Crippen molar-refractivity contribution in [1.29, 1.82) is 0 Å². The second-order valence-electron chi connectivity index (χ2n) is 2.93. The highest BCUT2D eigenvalue weighted by atomic mass is 14.8. The molecule has 1 aromatic heterocycles. The average molecular weight is 160 g/mol. The molecule has 0 fully saturated rings. The van der Waals surface area contributed by atoms with Gasteiger partial charge in [-0.25, -0.2) is 0 Å². The van der Waals surface area contributed by atoms with E-state index >= 15 is 0 Å². The SMILES string of the molecule is CNCc1ccc2cc[nH]c2c1. The lowest BCUT2D eigenvalue weighted by atomic mass is 10.2. The van der Waals surface area contributed by atoms with Crippen LogP contribution < -0.4 is 5.32 Å². The van der Waals surface area contributed by atoms with Gasteiger partial charge in [0.25, 0.3) is 0 Å². The number of nitrogens with one attached hydrogen (secondary N) is 2. The number of aromatic nitrogens is 1. The fourth-order valence-electron chi connectivity index (χ4n) is 1.41. The number of hydrogen-bond donors (Lipinski definition) is 2. The van der Waals surface area contributed by atoms with Gasteiger partial charge in [-0.15, -0.1) is 0 Å². The van der Waals surface area contributed by atoms with Crippen LogP contribution in [0.25, 0.3) is 10.9 Å². The zero-order chi connectivity index (χ0) is 8.39. The zero-order valence-electron chi connectivity index (χ0n) is 7.09. The third kappa shape index (κ3) is 1.21. The molecule has 2 rings (SSSR count). The van der Waals surface area contributed by atoms with E-state index in [4.69, 9.17) is 0 Å². The number of aromatic amines is 1. The molecule has 0 aliphatic rings. The van der Waals surface area contributed by atoms with Crippen LogP contribution in [0.3, 0.4) is 0 Å². The van der Waals surface area contributed by atoms with Crippen molar-refractivity contribution < 1.29 is 0 Å². The summed E-state index contributed by atoms with van der Waals surface area (Å²) in [5.74, 6) is 0. The van der Waals surface area contributed by atoms with Crippen molar-refractivity contribution >= 4 is 10.9 Å². The molecule has 2 aromatic rings. The minimum atomic E-state index is 0.926. The first kappa shape index (κ1) is 7.37. The van der Waals surface area contributed by atoms with Crippen LogP contribution in [-0.4, -0.2) is 12.0 Å². The van der Waals surface area contributed by atoms with Crippen molar-refractivity contribution in [2.45, 2.75) is 6.54 Å². The van der Waals surface area contributed by atoms with Gasteiger partial charge in [-0.1, -0.05) is 12.1 Å². The number of fused-ring (bicyclic) bond motifs is 1. The molecule has 1 heterocycles. The van der Waals surface area contributed by atoms with Gasteiger partial charge in [0.15, 0.2) is 0 Å². The first-order valence-electron chi connectivity index (χ1n) is 4.11. The van der Waals surface area contributed by atoms with Crippen molar-refractivity contribution in [3.05, 3.63) is 36.0 Å². The highest BCUT2D eigenvalue weighted by Crippen LogP contribution is 2.13. The molecule has 1 aromatic carbocycles. The summed E-state index contributed by atoms with van der Waals surface area (Å²) in [4.78, 5) is 3.19. The van der Waals surface area contributed by atoms with Gasteiger partial charge in [0.2, 0.25) is 0 Å². The number of benzene rings is 1. The van der Waals surface area contributed by atoms with Crippen LogP contribution in [-0.2, 0) is 6.54 Å². The van der Waals surface area contributed by atoms with Gasteiger partial charge in [-0.05, 0) is 30.1 Å². The topological polar surface area (TPSA) is 27.8 Å². The molecule has 0 atom stereocenters. The van der Waals surface area contributed by atoms with Crippen molar-refractivity contribution in [2.75, 3.05) is 7.05 Å². The van der Waals surface area contributed by atoms with Crippen LogP contribution in [0.1, 0.15) is 5.56 Å². The molecule has 2 heteroatoms. The van der Waals surface area contributed by atoms with E-state index in [2.05, 4.69) is 34.6 Å². The van der Waals surface area contributed by atoms with Crippen LogP contribution in [0.4, 0.5) is 0 Å². The van der Waals surface area contributed by atoms with Crippen LogP contribution >= 0.6 is 0 Å². The zero-order valence-corrected chi connectivity index (χ0v) is 7.09. The maximum atomic E-state index is 3.19. The van der Waals surface area contributed by atoms with Crippen LogP contribution in [0.2, 0.25) is 0 Å². The van der Waals surface area contributed by atoms with Gasteiger partial charge in [0.05, 0.1) is 0 Å². The smallest absolute Gasteiger partial charge is 0.0457 e. The van der Waals surface area contributed by atoms with E-state index in [1.807, 2.05) is 13.2 Å². The van der Waals surface area contributed by atoms with Gasteiger partial charge in [0, 0.05) is 18.3 Å². The predicted molar refractivity (Wildman–Crippen MR) is 51.1 cm³/mol. The molecule has 0 saturated carbocycles. The van der Waals surface area contributed by atoms with Crippen LogP contribution in [0.5, 0.6) is 0 Å². The first-order valence-corrected chi connectivity index (χ1v) is 4.11. The fraction of sp³-hybridized carbons (Fsp3) is 0.200. The van der Waals surface area contributed by atoms with Gasteiger partial charge in [-0.2, -0.15) is 0 Å². The molecule has 0 aliphatic carbocycles. The Morgan fingerprint density at radius 1 is 1.33 bits per heavy atom. The number of H-pyrrole nitrogens is 1. The van der Waals surface area contributed by atoms with E-state index in [0.29, 0.717) is 0 Å². The van der Waals surface area contributed by atoms with E-state index in [1.54, 1.807) is 0 Å². The average Bonchev–Trinajstić information content (AvgIpc) is 2.51. The number of hydrogen-bond acceptors (Lipinski definition) is 1. The monoisotopic (exact) mass is 160 g/mol. The summed E-state index contributed by atoms with van der Waals surface area (Å²) < 4.78 is 0. The van der Waals surface area contributed by atoms with E-state index in [1.165, 1.54) is 16.5 Å². The van der Waals surface area contributed by atoms with E-state index < -0.39 is 0 Å². The molecular weight excluding hydrogens is 148 g/mol. The molecule has 62 valence electrons. The Bertz CT molecular complexity index is 376. The largest absolute Gasteiger partial charge is 0.361 e. The molecule has 12 heavy (non-hydrogen) atoms. The molecule has 0 amide bonds. The summed E-state index contributed by atoms with van der Waals surface area (Å²) in [5.41, 5.74) is 2.52. The molecule has 2 N–H and O–H groups in total. The Kier molecular flexibility index (Phi) is 1.84. The molecule has 0 radical (unpaired) electrons. The lowest BCUT2D eigenvalue weighted by Gasteiger charge is -1.98. The highest BCUT2D eigenvalue weighted by molar-refractivity contribution is 5.79. The molecule has 0 unspecified atom stereocenters. The maximum Gasteiger partial charge on any atom is 0.0457 e. The van der Waals surface area contributed by atoms with Gasteiger partial charge >= 0.3 is 0 Å². The quantitative estimate of drug-likeness (QED) is 0.689. The van der Waals surface area contributed by atoms with Crippen LogP contribution in [0.15, 0.2) is 30.5 Å². The van der Waals surface area contributed by atoms with Gasteiger partial charge in [-0.3, -0.25) is 0 Å². The van der Waals surface area contributed by atoms with Crippen molar-refractivity contribution in [3.8, 4) is 0 Å². The summed E-state index contributed by atoms with van der Waals surface area (Å²) in [6, 6.07) is 8.54. The van der Waals surface area contributed by atoms with Gasteiger partial charge in [0.1, 0.15) is 0 Å². The van der Waals surface area contributed by atoms with Crippen molar-refractivity contribution in [2.24, 2.45) is 0 Å². The van der Waals surface area contributed by atoms with Gasteiger partial charge < -0.3 is 10.3 Å². The first-order chi connectivity index (χ1) is 5.90. The van der Waals surface area contributed by atoms with E-state index in [-0.39, 0.29) is 0 Å². The molecular formula is C10H12N2. The lowest BCUT2D eigenvalue weighted by Crippen LogP contribution is -2.04. The minimum absolute atomic E-state index is 0.926. The summed E-state index contributed by atoms with van der Waals surface area (Å²) in [6.07, 6.45) is 1.97. The summed E-state index contributed by atoms with van der Waals surface area (Å²) in [6.45, 7) is 0.926. The molecule has 0 spiro atoms. The molecule has 2 nitrogen and oxygen atoms in total. The Balaban J connectivity index is 2.46. The normalized spacial score (nSPS) is 10.8. The Labute approximate surface area is 71.6 Å². The Morgan fingerprint density at radius 2 is 2.25 bits per heavy atom. The van der Waals surface area contributed by atoms with Crippen molar-refractivity contribution in [3.63, 3.8) is 0 Å². The third-order valence-corrected chi connectivity index (χ3v) is 2.00. The Morgan fingerprint density at radius 3 is 3.08 bits per heavy atom. The molecule has 0 bridgehead atoms. The Hall–Kier alpha value is -1.28. The molecule has 0 aliphatic heterocycles. The summed E-state index contributed by atoms with van der Waals surface area (Å²) >= 11 is 0. The fourth-order valence-corrected chi connectivity index (χ4v) is 1.41. The standard InChI is InChI=1S/C10H12N2/c1-11-7-8-2-3-9-4-5-12-10(9)6-8/h2-6,11-12H,7H2,1H3.